The average molecular weight is 522 g/mol. The number of furan rings is 1. The van der Waals surface area contributed by atoms with Crippen LogP contribution in [0.4, 0.5) is 0 Å². The molecule has 1 aliphatic heterocycles. The van der Waals surface area contributed by atoms with Crippen LogP contribution in [-0.2, 0) is 6.42 Å². The van der Waals surface area contributed by atoms with Crippen LogP contribution in [0.1, 0.15) is 98.4 Å². The van der Waals surface area contributed by atoms with Gasteiger partial charge in [0.05, 0.1) is 24.6 Å². The van der Waals surface area contributed by atoms with Gasteiger partial charge in [-0.05, 0) is 106 Å². The Morgan fingerprint density at radius 3 is 2.79 bits per heavy atom. The van der Waals surface area contributed by atoms with Gasteiger partial charge in [0.25, 0.3) is 0 Å². The Kier molecular flexibility index (Phi) is 7.97. The predicted molar refractivity (Wildman–Crippen MR) is 147 cm³/mol. The number of carbonyl (C=O) groups excluding carboxylic acids is 1. The van der Waals surface area contributed by atoms with Gasteiger partial charge in [-0.1, -0.05) is 30.7 Å². The molecule has 5 atom stereocenters. The lowest BCUT2D eigenvalue weighted by Crippen LogP contribution is -2.53. The van der Waals surface area contributed by atoms with Crippen molar-refractivity contribution in [1.82, 2.24) is 4.90 Å². The molecule has 1 saturated heterocycles. The van der Waals surface area contributed by atoms with E-state index in [-0.39, 0.29) is 24.3 Å². The maximum Gasteiger partial charge on any atom is 0.228 e. The zero-order valence-corrected chi connectivity index (χ0v) is 22.9. The first kappa shape index (κ1) is 27.3. The highest BCUT2D eigenvalue weighted by molar-refractivity contribution is 6.08. The van der Waals surface area contributed by atoms with E-state index in [1.807, 2.05) is 12.1 Å². The SMILES string of the molecule is CC1=CCCC2(C)C(CCC2(O)CN2CCCC2CO)c2ccc(cc2C(=O)c2ccco2)CC(O)CC1. The summed E-state index contributed by atoms with van der Waals surface area (Å²) in [7, 11) is 0. The first-order chi connectivity index (χ1) is 18.2. The fraction of sp³-hybridized carbons (Fsp3) is 0.594. The minimum Gasteiger partial charge on any atom is -0.461 e. The minimum atomic E-state index is -0.936. The summed E-state index contributed by atoms with van der Waals surface area (Å²) in [6.07, 6.45) is 10.4. The number of nitrogens with zero attached hydrogens (tertiary/aromatic N) is 1. The number of β-amino-alcohol motifs (C(OH)–C–C–N with tert-alkyl or cyclic N) is 1. The van der Waals surface area contributed by atoms with Crippen molar-refractivity contribution in [2.45, 2.75) is 95.3 Å². The van der Waals surface area contributed by atoms with Crippen molar-refractivity contribution in [1.29, 1.82) is 0 Å². The second-order valence-electron chi connectivity index (χ2n) is 12.2. The van der Waals surface area contributed by atoms with Crippen LogP contribution in [0, 0.1) is 5.41 Å². The maximum absolute atomic E-state index is 13.7. The van der Waals surface area contributed by atoms with Crippen LogP contribution in [0.3, 0.4) is 0 Å². The van der Waals surface area contributed by atoms with E-state index in [0.717, 1.165) is 56.2 Å². The van der Waals surface area contributed by atoms with E-state index in [9.17, 15) is 20.1 Å². The lowest BCUT2D eigenvalue weighted by Gasteiger charge is -2.46. The Balaban J connectivity index is 1.59. The molecule has 6 heteroatoms. The van der Waals surface area contributed by atoms with Crippen molar-refractivity contribution in [3.05, 3.63) is 70.7 Å². The van der Waals surface area contributed by atoms with Crippen molar-refractivity contribution in [3.63, 3.8) is 0 Å². The molecule has 38 heavy (non-hydrogen) atoms. The topological polar surface area (TPSA) is 94.1 Å². The number of allylic oxidation sites excluding steroid dienone is 2. The maximum atomic E-state index is 13.7. The largest absolute Gasteiger partial charge is 0.461 e. The molecule has 0 radical (unpaired) electrons. The highest BCUT2D eigenvalue weighted by atomic mass is 16.3. The molecule has 1 saturated carbocycles. The van der Waals surface area contributed by atoms with Crippen LogP contribution in [0.25, 0.3) is 0 Å². The molecule has 3 N–H and O–H groups in total. The first-order valence-electron chi connectivity index (χ1n) is 14.4. The number of rotatable bonds is 5. The summed E-state index contributed by atoms with van der Waals surface area (Å²) in [5, 5.41) is 33.1. The van der Waals surface area contributed by atoms with Crippen molar-refractivity contribution in [2.24, 2.45) is 5.41 Å². The molecule has 5 unspecified atom stereocenters. The van der Waals surface area contributed by atoms with Crippen LogP contribution in [-0.4, -0.2) is 63.4 Å². The molecule has 2 aromatic rings. The van der Waals surface area contributed by atoms with Crippen molar-refractivity contribution < 1.29 is 24.5 Å². The molecule has 0 spiro atoms. The second kappa shape index (κ2) is 11.1. The van der Waals surface area contributed by atoms with Crippen LogP contribution in [0.5, 0.6) is 0 Å². The van der Waals surface area contributed by atoms with E-state index in [0.29, 0.717) is 37.1 Å². The molecular weight excluding hydrogens is 478 g/mol. The van der Waals surface area contributed by atoms with Gasteiger partial charge in [-0.15, -0.1) is 0 Å². The predicted octanol–water partition coefficient (Wildman–Crippen LogP) is 5.01. The summed E-state index contributed by atoms with van der Waals surface area (Å²) in [4.78, 5) is 16.0. The highest BCUT2D eigenvalue weighted by Gasteiger charge is 2.57. The molecular formula is C32H43NO5. The van der Waals surface area contributed by atoms with Gasteiger partial charge in [-0.2, -0.15) is 0 Å². The molecule has 206 valence electrons. The van der Waals surface area contributed by atoms with Gasteiger partial charge < -0.3 is 19.7 Å². The van der Waals surface area contributed by atoms with Crippen molar-refractivity contribution in [3.8, 4) is 0 Å². The number of likely N-dealkylation sites (tertiary alicyclic amines) is 1. The summed E-state index contributed by atoms with van der Waals surface area (Å²) in [6.45, 7) is 5.89. The molecule has 2 bridgehead atoms. The molecule has 6 nitrogen and oxygen atoms in total. The zero-order chi connectivity index (χ0) is 26.9. The Labute approximate surface area is 226 Å². The number of fused-ring (bicyclic) bond motifs is 8. The summed E-state index contributed by atoms with van der Waals surface area (Å²) in [6, 6.07) is 9.58. The third-order valence-corrected chi connectivity index (χ3v) is 9.84. The van der Waals surface area contributed by atoms with Crippen LogP contribution in [0.15, 0.2) is 52.7 Å². The van der Waals surface area contributed by atoms with Gasteiger partial charge in [0.2, 0.25) is 5.78 Å². The Hall–Kier alpha value is -2.25. The minimum absolute atomic E-state index is 0.00721. The van der Waals surface area contributed by atoms with Crippen LogP contribution in [0.2, 0.25) is 0 Å². The molecule has 2 fully saturated rings. The van der Waals surface area contributed by atoms with Gasteiger partial charge in [0, 0.05) is 23.6 Å². The van der Waals surface area contributed by atoms with E-state index in [1.165, 1.54) is 11.8 Å². The molecule has 3 aliphatic carbocycles. The van der Waals surface area contributed by atoms with E-state index in [1.54, 1.807) is 12.1 Å². The fourth-order valence-corrected chi connectivity index (χ4v) is 7.38. The van der Waals surface area contributed by atoms with Gasteiger partial charge in [-0.3, -0.25) is 9.69 Å². The summed E-state index contributed by atoms with van der Waals surface area (Å²) in [5.74, 6) is 0.149. The van der Waals surface area contributed by atoms with Gasteiger partial charge in [0.1, 0.15) is 0 Å². The zero-order valence-electron chi connectivity index (χ0n) is 22.9. The van der Waals surface area contributed by atoms with Crippen LogP contribution < -0.4 is 0 Å². The number of hydrogen-bond donors (Lipinski definition) is 3. The first-order valence-corrected chi connectivity index (χ1v) is 14.4. The van der Waals surface area contributed by atoms with E-state index < -0.39 is 17.1 Å². The number of carbonyl (C=O) groups is 1. The summed E-state index contributed by atoms with van der Waals surface area (Å²) >= 11 is 0. The molecule has 2 heterocycles. The van der Waals surface area contributed by atoms with Gasteiger partial charge >= 0.3 is 0 Å². The normalized spacial score (nSPS) is 32.7. The highest BCUT2D eigenvalue weighted by Crippen LogP contribution is 2.59. The van der Waals surface area contributed by atoms with Crippen molar-refractivity contribution >= 4 is 5.78 Å². The quantitative estimate of drug-likeness (QED) is 0.379. The number of ketones is 1. The number of aliphatic hydroxyl groups is 3. The fourth-order valence-electron chi connectivity index (χ4n) is 7.38. The van der Waals surface area contributed by atoms with Crippen molar-refractivity contribution in [2.75, 3.05) is 19.7 Å². The monoisotopic (exact) mass is 521 g/mol. The Bertz CT molecular complexity index is 1160. The third kappa shape index (κ3) is 5.16. The second-order valence-corrected chi connectivity index (χ2v) is 12.2. The Morgan fingerprint density at radius 1 is 1.18 bits per heavy atom. The van der Waals surface area contributed by atoms with Gasteiger partial charge in [-0.25, -0.2) is 0 Å². The molecule has 1 aromatic heterocycles. The van der Waals surface area contributed by atoms with E-state index in [2.05, 4.69) is 30.9 Å². The third-order valence-electron chi connectivity index (χ3n) is 9.84. The standard InChI is InChI=1S/C32H43NO5/c1-22-6-3-14-31(2)28(13-15-32(31,37)21-33-16-4-7-24(33)20-34)26-12-10-23(18-25(35)11-9-22)19-27(26)30(36)29-8-5-17-38-29/h5-6,8,10,12,17,19,24-25,28,34-35,37H,3-4,7,9,11,13-16,18,20-21H2,1-2H3. The van der Waals surface area contributed by atoms with Crippen LogP contribution >= 0.6 is 0 Å². The van der Waals surface area contributed by atoms with E-state index >= 15 is 0 Å². The van der Waals surface area contributed by atoms with E-state index in [4.69, 9.17) is 4.42 Å². The lowest BCUT2D eigenvalue weighted by atomic mass is 9.64. The van der Waals surface area contributed by atoms with Gasteiger partial charge in [0.15, 0.2) is 5.76 Å². The molecule has 4 aliphatic rings. The Morgan fingerprint density at radius 2 is 2.03 bits per heavy atom. The summed E-state index contributed by atoms with van der Waals surface area (Å²) in [5.41, 5.74) is 2.38. The molecule has 6 rings (SSSR count). The lowest BCUT2D eigenvalue weighted by molar-refractivity contribution is -0.0875. The summed E-state index contributed by atoms with van der Waals surface area (Å²) < 4.78 is 5.51. The number of aliphatic hydroxyl groups excluding tert-OH is 2. The average Bonchev–Trinajstić information content (AvgIpc) is 3.64. The smallest absolute Gasteiger partial charge is 0.228 e. The molecule has 0 amide bonds. The number of hydrogen-bond acceptors (Lipinski definition) is 6. The number of benzene rings is 1. The molecule has 1 aromatic carbocycles.